The Hall–Kier alpha value is -2.17. The van der Waals surface area contributed by atoms with Gasteiger partial charge < -0.3 is 19.9 Å². The fourth-order valence-corrected chi connectivity index (χ4v) is 2.50. The van der Waals surface area contributed by atoms with E-state index in [1.54, 1.807) is 21.3 Å². The number of pyridine rings is 1. The summed E-state index contributed by atoms with van der Waals surface area (Å²) in [5.41, 5.74) is 8.68. The van der Waals surface area contributed by atoms with Gasteiger partial charge in [-0.15, -0.1) is 0 Å². The largest absolute Gasteiger partial charge is 0.493 e. The van der Waals surface area contributed by atoms with Gasteiger partial charge in [0.1, 0.15) is 0 Å². The molecule has 0 amide bonds. The monoisotopic (exact) mass is 274 g/mol. The van der Waals surface area contributed by atoms with Crippen molar-refractivity contribution in [2.24, 2.45) is 0 Å². The predicted molar refractivity (Wildman–Crippen MR) is 77.8 cm³/mol. The van der Waals surface area contributed by atoms with Gasteiger partial charge in [0.15, 0.2) is 11.5 Å². The van der Waals surface area contributed by atoms with Crippen LogP contribution in [-0.2, 0) is 0 Å². The van der Waals surface area contributed by atoms with Crippen molar-refractivity contribution in [1.82, 2.24) is 4.98 Å². The molecule has 1 fully saturated rings. The van der Waals surface area contributed by atoms with Crippen LogP contribution in [0.3, 0.4) is 0 Å². The molecule has 5 heteroatoms. The van der Waals surface area contributed by atoms with Crippen molar-refractivity contribution in [2.75, 3.05) is 27.1 Å². The third kappa shape index (κ3) is 1.90. The summed E-state index contributed by atoms with van der Waals surface area (Å²) in [6.07, 6.45) is 2.37. The molecule has 2 aromatic rings. The minimum atomic E-state index is 0.537. The van der Waals surface area contributed by atoms with Crippen LogP contribution in [0.5, 0.6) is 17.2 Å². The van der Waals surface area contributed by atoms with E-state index in [2.05, 4.69) is 0 Å². The maximum Gasteiger partial charge on any atom is 0.204 e. The zero-order valence-corrected chi connectivity index (χ0v) is 11.9. The smallest absolute Gasteiger partial charge is 0.204 e. The Balaban J connectivity index is 2.32. The number of methoxy groups -OCH3 is 3. The second-order valence-corrected chi connectivity index (χ2v) is 4.95. The number of nitrogens with zero attached hydrogens (tertiary/aromatic N) is 1. The number of ether oxygens (including phenoxy) is 3. The van der Waals surface area contributed by atoms with Gasteiger partial charge in [-0.1, -0.05) is 0 Å². The molecule has 3 rings (SSSR count). The second kappa shape index (κ2) is 4.74. The highest BCUT2D eigenvalue weighted by molar-refractivity contribution is 5.99. The number of anilines is 1. The van der Waals surface area contributed by atoms with E-state index in [1.165, 1.54) is 12.8 Å². The normalized spacial score (nSPS) is 14.3. The molecular formula is C15H18N2O3. The van der Waals surface area contributed by atoms with Crippen LogP contribution in [0.2, 0.25) is 0 Å². The number of nitrogens with two attached hydrogens (primary N) is 1. The minimum Gasteiger partial charge on any atom is -0.493 e. The Morgan fingerprint density at radius 2 is 1.75 bits per heavy atom. The molecule has 1 aromatic heterocycles. The maximum absolute atomic E-state index is 6.20. The van der Waals surface area contributed by atoms with E-state index in [0.717, 1.165) is 16.6 Å². The topological polar surface area (TPSA) is 66.6 Å². The minimum absolute atomic E-state index is 0.537. The fourth-order valence-electron chi connectivity index (χ4n) is 2.50. The number of nitrogen functional groups attached to an aromatic ring is 1. The summed E-state index contributed by atoms with van der Waals surface area (Å²) in [4.78, 5) is 4.70. The molecule has 0 atom stereocenters. The number of rotatable bonds is 4. The van der Waals surface area contributed by atoms with Crippen molar-refractivity contribution in [3.63, 3.8) is 0 Å². The van der Waals surface area contributed by atoms with E-state index < -0.39 is 0 Å². The van der Waals surface area contributed by atoms with Gasteiger partial charge in [0, 0.05) is 23.4 Å². The molecule has 0 unspecified atom stereocenters. The van der Waals surface area contributed by atoms with E-state index >= 15 is 0 Å². The molecule has 1 aromatic carbocycles. The predicted octanol–water partition coefficient (Wildman–Crippen LogP) is 2.72. The first-order valence-corrected chi connectivity index (χ1v) is 6.58. The second-order valence-electron chi connectivity index (χ2n) is 4.95. The van der Waals surface area contributed by atoms with E-state index in [9.17, 15) is 0 Å². The first-order valence-electron chi connectivity index (χ1n) is 6.58. The Bertz CT molecular complexity index is 666. The molecule has 1 aliphatic carbocycles. The lowest BCUT2D eigenvalue weighted by atomic mass is 10.1. The fraction of sp³-hybridized carbons (Fsp3) is 0.400. The molecule has 106 valence electrons. The Morgan fingerprint density at radius 1 is 1.05 bits per heavy atom. The van der Waals surface area contributed by atoms with E-state index in [1.807, 2.05) is 12.1 Å². The van der Waals surface area contributed by atoms with E-state index in [4.69, 9.17) is 24.9 Å². The number of aromatic nitrogens is 1. The number of benzene rings is 1. The highest BCUT2D eigenvalue weighted by atomic mass is 16.5. The molecule has 0 spiro atoms. The quantitative estimate of drug-likeness (QED) is 0.928. The SMILES string of the molecule is COc1cc2nc(C3CC3)cc(N)c2c(OC)c1OC. The van der Waals surface area contributed by atoms with Gasteiger partial charge in [-0.25, -0.2) is 0 Å². The third-order valence-electron chi connectivity index (χ3n) is 3.65. The van der Waals surface area contributed by atoms with Crippen LogP contribution in [0.4, 0.5) is 5.69 Å². The Kier molecular flexibility index (Phi) is 3.04. The summed E-state index contributed by atoms with van der Waals surface area (Å²) in [6.45, 7) is 0. The van der Waals surface area contributed by atoms with Crippen molar-refractivity contribution >= 4 is 16.6 Å². The van der Waals surface area contributed by atoms with Gasteiger partial charge in [-0.05, 0) is 18.9 Å². The maximum atomic E-state index is 6.20. The standard InChI is InChI=1S/C15H18N2O3/c1-18-12-7-11-13(15(20-3)14(12)19-2)9(16)6-10(17-11)8-4-5-8/h6-8H,4-5H2,1-3H3,(H2,16,17). The highest BCUT2D eigenvalue weighted by Crippen LogP contribution is 2.47. The average molecular weight is 274 g/mol. The lowest BCUT2D eigenvalue weighted by Crippen LogP contribution is -2.00. The summed E-state index contributed by atoms with van der Waals surface area (Å²) in [6, 6.07) is 3.79. The average Bonchev–Trinajstić information content (AvgIpc) is 3.29. The zero-order valence-electron chi connectivity index (χ0n) is 11.9. The molecule has 0 radical (unpaired) electrons. The van der Waals surface area contributed by atoms with Crippen LogP contribution in [0.25, 0.3) is 10.9 Å². The number of hydrogen-bond donors (Lipinski definition) is 1. The molecule has 0 saturated heterocycles. The number of hydrogen-bond acceptors (Lipinski definition) is 5. The molecule has 1 aliphatic rings. The lowest BCUT2D eigenvalue weighted by molar-refractivity contribution is 0.327. The summed E-state index contributed by atoms with van der Waals surface area (Å²) >= 11 is 0. The van der Waals surface area contributed by atoms with Crippen LogP contribution >= 0.6 is 0 Å². The van der Waals surface area contributed by atoms with Crippen LogP contribution in [0.1, 0.15) is 24.5 Å². The zero-order chi connectivity index (χ0) is 14.3. The van der Waals surface area contributed by atoms with Crippen molar-refractivity contribution in [3.8, 4) is 17.2 Å². The summed E-state index contributed by atoms with van der Waals surface area (Å²) in [5.74, 6) is 2.24. The third-order valence-corrected chi connectivity index (χ3v) is 3.65. The van der Waals surface area contributed by atoms with Gasteiger partial charge >= 0.3 is 0 Å². The molecule has 20 heavy (non-hydrogen) atoms. The highest BCUT2D eigenvalue weighted by Gasteiger charge is 2.27. The van der Waals surface area contributed by atoms with Crippen molar-refractivity contribution in [2.45, 2.75) is 18.8 Å². The first kappa shape index (κ1) is 12.8. The summed E-state index contributed by atoms with van der Waals surface area (Å²) in [5, 5.41) is 0.773. The van der Waals surface area contributed by atoms with Crippen LogP contribution < -0.4 is 19.9 Å². The molecule has 0 aliphatic heterocycles. The molecule has 5 nitrogen and oxygen atoms in total. The molecule has 0 bridgehead atoms. The van der Waals surface area contributed by atoms with E-state index in [-0.39, 0.29) is 0 Å². The van der Waals surface area contributed by atoms with Gasteiger partial charge in [-0.3, -0.25) is 4.98 Å². The Morgan fingerprint density at radius 3 is 2.30 bits per heavy atom. The first-order chi connectivity index (χ1) is 9.69. The van der Waals surface area contributed by atoms with Crippen LogP contribution in [0, 0.1) is 0 Å². The molecular weight excluding hydrogens is 256 g/mol. The summed E-state index contributed by atoms with van der Waals surface area (Å²) in [7, 11) is 4.76. The molecule has 1 heterocycles. The summed E-state index contributed by atoms with van der Waals surface area (Å²) < 4.78 is 16.2. The van der Waals surface area contributed by atoms with Gasteiger partial charge in [0.2, 0.25) is 5.75 Å². The van der Waals surface area contributed by atoms with Gasteiger partial charge in [0.25, 0.3) is 0 Å². The van der Waals surface area contributed by atoms with Crippen LogP contribution in [0.15, 0.2) is 12.1 Å². The van der Waals surface area contributed by atoms with Crippen molar-refractivity contribution in [1.29, 1.82) is 0 Å². The Labute approximate surface area is 117 Å². The van der Waals surface area contributed by atoms with Crippen LogP contribution in [-0.4, -0.2) is 26.3 Å². The number of fused-ring (bicyclic) bond motifs is 1. The molecule has 2 N–H and O–H groups in total. The lowest BCUT2D eigenvalue weighted by Gasteiger charge is -2.16. The van der Waals surface area contributed by atoms with Crippen molar-refractivity contribution < 1.29 is 14.2 Å². The molecule has 1 saturated carbocycles. The van der Waals surface area contributed by atoms with Gasteiger partial charge in [0.05, 0.1) is 32.2 Å². The van der Waals surface area contributed by atoms with E-state index in [0.29, 0.717) is 28.9 Å². The van der Waals surface area contributed by atoms with Gasteiger partial charge in [-0.2, -0.15) is 0 Å². The van der Waals surface area contributed by atoms with Crippen molar-refractivity contribution in [3.05, 3.63) is 17.8 Å².